The van der Waals surface area contributed by atoms with Crippen molar-refractivity contribution >= 4 is 21.8 Å². The molecule has 0 aliphatic carbocycles. The van der Waals surface area contributed by atoms with Gasteiger partial charge in [0.15, 0.2) is 0 Å². The summed E-state index contributed by atoms with van der Waals surface area (Å²) in [6.07, 6.45) is 4.35. The predicted molar refractivity (Wildman–Crippen MR) is 97.6 cm³/mol. The van der Waals surface area contributed by atoms with E-state index in [9.17, 15) is 4.79 Å². The first-order chi connectivity index (χ1) is 11.7. The third-order valence-corrected chi connectivity index (χ3v) is 4.90. The molecule has 0 bridgehead atoms. The van der Waals surface area contributed by atoms with Gasteiger partial charge in [0.05, 0.1) is 10.7 Å². The summed E-state index contributed by atoms with van der Waals surface area (Å²) in [7, 11) is 0. The Balaban J connectivity index is 1.56. The van der Waals surface area contributed by atoms with E-state index in [-0.39, 0.29) is 11.9 Å². The predicted octanol–water partition coefficient (Wildman–Crippen LogP) is 2.94. The zero-order valence-electron chi connectivity index (χ0n) is 13.9. The Kier molecular flexibility index (Phi) is 5.68. The zero-order chi connectivity index (χ0) is 16.9. The van der Waals surface area contributed by atoms with Crippen LogP contribution >= 0.6 is 15.9 Å². The molecule has 1 aliphatic heterocycles. The van der Waals surface area contributed by atoms with Crippen LogP contribution in [0.2, 0.25) is 0 Å². The molecule has 24 heavy (non-hydrogen) atoms. The molecule has 2 aromatic rings. The van der Waals surface area contributed by atoms with E-state index in [0.717, 1.165) is 43.6 Å². The number of amides is 1. The van der Waals surface area contributed by atoms with Crippen molar-refractivity contribution in [3.05, 3.63) is 52.8 Å². The summed E-state index contributed by atoms with van der Waals surface area (Å²) >= 11 is 3.40. The number of halogens is 1. The van der Waals surface area contributed by atoms with Crippen molar-refractivity contribution in [2.45, 2.75) is 25.9 Å². The van der Waals surface area contributed by atoms with E-state index in [4.69, 9.17) is 0 Å². The Labute approximate surface area is 151 Å². The van der Waals surface area contributed by atoms with Crippen LogP contribution in [0.15, 0.2) is 47.2 Å². The highest BCUT2D eigenvalue weighted by molar-refractivity contribution is 9.10. The maximum absolute atomic E-state index is 12.8. The van der Waals surface area contributed by atoms with Crippen molar-refractivity contribution in [2.24, 2.45) is 0 Å². The lowest BCUT2D eigenvalue weighted by molar-refractivity contribution is -0.137. The van der Waals surface area contributed by atoms with E-state index >= 15 is 0 Å². The monoisotopic (exact) mass is 390 g/mol. The number of hydrogen-bond donors (Lipinski definition) is 0. The number of rotatable bonds is 5. The van der Waals surface area contributed by atoms with Crippen LogP contribution in [0.3, 0.4) is 0 Å². The molecule has 2 heterocycles. The molecule has 0 saturated carbocycles. The number of carbonyl (C=O) groups excluding carboxylic acids is 1. The van der Waals surface area contributed by atoms with Gasteiger partial charge in [-0.05, 0) is 27.9 Å². The molecule has 1 unspecified atom stereocenters. The van der Waals surface area contributed by atoms with Crippen LogP contribution in [0, 0.1) is 0 Å². The van der Waals surface area contributed by atoms with Crippen LogP contribution < -0.4 is 0 Å². The molecule has 1 atom stereocenters. The third-order valence-electron chi connectivity index (χ3n) is 4.49. The van der Waals surface area contributed by atoms with Crippen molar-refractivity contribution in [1.82, 2.24) is 19.6 Å². The van der Waals surface area contributed by atoms with Crippen LogP contribution in [0.25, 0.3) is 0 Å². The second-order valence-electron chi connectivity index (χ2n) is 6.15. The smallest absolute Gasteiger partial charge is 0.247 e. The summed E-state index contributed by atoms with van der Waals surface area (Å²) in [6, 6.07) is 10.3. The van der Waals surface area contributed by atoms with Crippen molar-refractivity contribution < 1.29 is 4.79 Å². The molecule has 0 spiro atoms. The molecule has 1 aromatic heterocycles. The van der Waals surface area contributed by atoms with Crippen molar-refractivity contribution in [1.29, 1.82) is 0 Å². The molecular weight excluding hydrogens is 368 g/mol. The van der Waals surface area contributed by atoms with Crippen LogP contribution in [-0.2, 0) is 11.3 Å². The fraction of sp³-hybridized carbons (Fsp3) is 0.444. The molecule has 1 amide bonds. The Hall–Kier alpha value is -1.66. The average molecular weight is 391 g/mol. The Morgan fingerprint density at radius 1 is 1.21 bits per heavy atom. The minimum atomic E-state index is -0.211. The van der Waals surface area contributed by atoms with Gasteiger partial charge in [0.1, 0.15) is 6.04 Å². The normalized spacial score (nSPS) is 17.0. The number of nitrogens with zero attached hydrogens (tertiary/aromatic N) is 4. The molecule has 1 fully saturated rings. The SMILES string of the molecule is CCC(C(=O)N1CCN(Cc2ccccc2)CC1)n1cc(Br)cn1. The number of piperazine rings is 1. The Morgan fingerprint density at radius 2 is 1.92 bits per heavy atom. The summed E-state index contributed by atoms with van der Waals surface area (Å²) in [6.45, 7) is 6.38. The molecular formula is C18H23BrN4O. The summed E-state index contributed by atoms with van der Waals surface area (Å²) in [4.78, 5) is 17.2. The average Bonchev–Trinajstić information content (AvgIpc) is 3.03. The molecule has 3 rings (SSSR count). The highest BCUT2D eigenvalue weighted by Crippen LogP contribution is 2.19. The lowest BCUT2D eigenvalue weighted by Crippen LogP contribution is -2.50. The summed E-state index contributed by atoms with van der Waals surface area (Å²) < 4.78 is 2.67. The minimum Gasteiger partial charge on any atom is -0.338 e. The Morgan fingerprint density at radius 3 is 2.50 bits per heavy atom. The molecule has 128 valence electrons. The van der Waals surface area contributed by atoms with Crippen molar-refractivity contribution in [3.8, 4) is 0 Å². The fourth-order valence-corrected chi connectivity index (χ4v) is 3.44. The highest BCUT2D eigenvalue weighted by atomic mass is 79.9. The van der Waals surface area contributed by atoms with Crippen LogP contribution in [0.4, 0.5) is 0 Å². The lowest BCUT2D eigenvalue weighted by atomic mass is 10.1. The minimum absolute atomic E-state index is 0.174. The number of benzene rings is 1. The molecule has 1 aliphatic rings. The molecule has 6 heteroatoms. The second-order valence-corrected chi connectivity index (χ2v) is 7.07. The van der Waals surface area contributed by atoms with Gasteiger partial charge in [-0.2, -0.15) is 5.10 Å². The largest absolute Gasteiger partial charge is 0.338 e. The van der Waals surface area contributed by atoms with Crippen molar-refractivity contribution in [2.75, 3.05) is 26.2 Å². The maximum Gasteiger partial charge on any atom is 0.247 e. The van der Waals surface area contributed by atoms with Gasteiger partial charge >= 0.3 is 0 Å². The van der Waals surface area contributed by atoms with Crippen LogP contribution in [0.5, 0.6) is 0 Å². The molecule has 1 aromatic carbocycles. The summed E-state index contributed by atoms with van der Waals surface area (Å²) in [5, 5.41) is 4.29. The van der Waals surface area contributed by atoms with E-state index in [1.54, 1.807) is 10.9 Å². The van der Waals surface area contributed by atoms with Gasteiger partial charge in [-0.25, -0.2) is 0 Å². The zero-order valence-corrected chi connectivity index (χ0v) is 15.5. The summed E-state index contributed by atoms with van der Waals surface area (Å²) in [5.74, 6) is 0.174. The first-order valence-corrected chi connectivity index (χ1v) is 9.21. The topological polar surface area (TPSA) is 41.4 Å². The van der Waals surface area contributed by atoms with Crippen LogP contribution in [-0.4, -0.2) is 51.7 Å². The van der Waals surface area contributed by atoms with Crippen LogP contribution in [0.1, 0.15) is 24.9 Å². The first-order valence-electron chi connectivity index (χ1n) is 8.42. The van der Waals surface area contributed by atoms with Gasteiger partial charge in [0.25, 0.3) is 0 Å². The van der Waals surface area contributed by atoms with E-state index in [1.807, 2.05) is 24.1 Å². The van der Waals surface area contributed by atoms with E-state index in [0.29, 0.717) is 0 Å². The van der Waals surface area contributed by atoms with E-state index in [2.05, 4.69) is 50.2 Å². The maximum atomic E-state index is 12.8. The van der Waals surface area contributed by atoms with Gasteiger partial charge in [0.2, 0.25) is 5.91 Å². The quantitative estimate of drug-likeness (QED) is 0.787. The van der Waals surface area contributed by atoms with Crippen molar-refractivity contribution in [3.63, 3.8) is 0 Å². The first kappa shape index (κ1) is 17.2. The molecule has 5 nitrogen and oxygen atoms in total. The fourth-order valence-electron chi connectivity index (χ4n) is 3.14. The number of carbonyl (C=O) groups is 1. The molecule has 0 N–H and O–H groups in total. The number of aromatic nitrogens is 2. The molecule has 0 radical (unpaired) electrons. The van der Waals surface area contributed by atoms with Gasteiger partial charge < -0.3 is 4.90 Å². The lowest BCUT2D eigenvalue weighted by Gasteiger charge is -2.36. The third kappa shape index (κ3) is 4.05. The highest BCUT2D eigenvalue weighted by Gasteiger charge is 2.28. The van der Waals surface area contributed by atoms with Gasteiger partial charge in [-0.3, -0.25) is 14.4 Å². The van der Waals surface area contributed by atoms with Gasteiger partial charge in [-0.1, -0.05) is 37.3 Å². The van der Waals surface area contributed by atoms with E-state index in [1.165, 1.54) is 5.56 Å². The standard InChI is InChI=1S/C18H23BrN4O/c1-2-17(23-14-16(19)12-20-23)18(24)22-10-8-21(9-11-22)13-15-6-4-3-5-7-15/h3-7,12,14,17H,2,8-11,13H2,1H3. The van der Waals surface area contributed by atoms with Gasteiger partial charge in [-0.15, -0.1) is 0 Å². The summed E-state index contributed by atoms with van der Waals surface area (Å²) in [5.41, 5.74) is 1.32. The van der Waals surface area contributed by atoms with E-state index < -0.39 is 0 Å². The number of hydrogen-bond acceptors (Lipinski definition) is 3. The Bertz CT molecular complexity index is 665. The second kappa shape index (κ2) is 7.94. The van der Waals surface area contributed by atoms with Gasteiger partial charge in [0, 0.05) is 38.9 Å². The molecule has 1 saturated heterocycles.